The molecule has 0 aliphatic rings. The van der Waals surface area contributed by atoms with Crippen LogP contribution in [0.15, 0.2) is 79.1 Å². The first-order valence-electron chi connectivity index (χ1n) is 9.59. The lowest BCUT2D eigenvalue weighted by Crippen LogP contribution is -2.05. The van der Waals surface area contributed by atoms with Gasteiger partial charge in [-0.2, -0.15) is 0 Å². The van der Waals surface area contributed by atoms with Crippen molar-refractivity contribution in [2.24, 2.45) is 0 Å². The summed E-state index contributed by atoms with van der Waals surface area (Å²) in [5.74, 6) is 2.19. The zero-order chi connectivity index (χ0) is 20.1. The van der Waals surface area contributed by atoms with Crippen LogP contribution in [0.1, 0.15) is 16.7 Å². The molecule has 2 aromatic carbocycles. The summed E-state index contributed by atoms with van der Waals surface area (Å²) in [4.78, 5) is 13.6. The van der Waals surface area contributed by atoms with E-state index in [1.54, 1.807) is 6.20 Å². The van der Waals surface area contributed by atoms with Crippen LogP contribution in [0.3, 0.4) is 0 Å². The van der Waals surface area contributed by atoms with Gasteiger partial charge < -0.3 is 10.6 Å². The van der Waals surface area contributed by atoms with Crippen LogP contribution >= 0.6 is 0 Å². The Kier molecular flexibility index (Phi) is 5.47. The standard InChI is InChI=1S/C24H23N5/c1-17-10-11-18(2)21(13-17)27-23-14-22(26-16-19-7-6-12-25-15-19)28-24(29-23)20-8-4-3-5-9-20/h3-15H,16H2,1-2H3,(H2,26,27,28,29). The maximum Gasteiger partial charge on any atom is 0.163 e. The number of nitrogens with one attached hydrogen (secondary N) is 2. The van der Waals surface area contributed by atoms with Gasteiger partial charge in [0.1, 0.15) is 11.6 Å². The van der Waals surface area contributed by atoms with Crippen molar-refractivity contribution >= 4 is 17.3 Å². The first kappa shape index (κ1) is 18.6. The van der Waals surface area contributed by atoms with Gasteiger partial charge in [0.25, 0.3) is 0 Å². The van der Waals surface area contributed by atoms with E-state index in [0.717, 1.165) is 28.5 Å². The fourth-order valence-electron chi connectivity index (χ4n) is 3.02. The molecule has 5 heteroatoms. The Morgan fingerprint density at radius 3 is 2.45 bits per heavy atom. The average molecular weight is 381 g/mol. The third-order valence-corrected chi connectivity index (χ3v) is 4.61. The number of anilines is 3. The fraction of sp³-hybridized carbons (Fsp3) is 0.125. The summed E-state index contributed by atoms with van der Waals surface area (Å²) < 4.78 is 0. The largest absolute Gasteiger partial charge is 0.366 e. The number of pyridine rings is 1. The van der Waals surface area contributed by atoms with Gasteiger partial charge in [-0.3, -0.25) is 4.98 Å². The van der Waals surface area contributed by atoms with E-state index < -0.39 is 0 Å². The molecule has 29 heavy (non-hydrogen) atoms. The SMILES string of the molecule is Cc1ccc(C)c(Nc2cc(NCc3cccnc3)nc(-c3ccccc3)n2)c1. The molecule has 2 heterocycles. The molecule has 0 radical (unpaired) electrons. The first-order valence-corrected chi connectivity index (χ1v) is 9.59. The first-order chi connectivity index (χ1) is 14.2. The maximum atomic E-state index is 4.75. The molecular formula is C24H23N5. The van der Waals surface area contributed by atoms with Gasteiger partial charge in [-0.15, -0.1) is 0 Å². The van der Waals surface area contributed by atoms with Gasteiger partial charge in [-0.25, -0.2) is 9.97 Å². The maximum absolute atomic E-state index is 4.75. The van der Waals surface area contributed by atoms with Gasteiger partial charge in [0.15, 0.2) is 5.82 Å². The molecule has 0 amide bonds. The number of hydrogen-bond donors (Lipinski definition) is 2. The lowest BCUT2D eigenvalue weighted by molar-refractivity contribution is 1.07. The third-order valence-electron chi connectivity index (χ3n) is 4.61. The molecular weight excluding hydrogens is 358 g/mol. The minimum Gasteiger partial charge on any atom is -0.366 e. The molecule has 4 aromatic rings. The Bertz CT molecular complexity index is 1090. The molecule has 2 N–H and O–H groups in total. The van der Waals surface area contributed by atoms with E-state index in [0.29, 0.717) is 12.4 Å². The van der Waals surface area contributed by atoms with E-state index in [1.807, 2.05) is 54.7 Å². The number of nitrogens with zero attached hydrogens (tertiary/aromatic N) is 3. The molecule has 0 fully saturated rings. The molecule has 0 spiro atoms. The summed E-state index contributed by atoms with van der Waals surface area (Å²) in [6.45, 7) is 4.81. The van der Waals surface area contributed by atoms with Crippen LogP contribution in [-0.4, -0.2) is 15.0 Å². The lowest BCUT2D eigenvalue weighted by atomic mass is 10.1. The Morgan fingerprint density at radius 1 is 0.828 bits per heavy atom. The van der Waals surface area contributed by atoms with Crippen LogP contribution < -0.4 is 10.6 Å². The van der Waals surface area contributed by atoms with E-state index in [2.05, 4.69) is 47.7 Å². The lowest BCUT2D eigenvalue weighted by Gasteiger charge is -2.13. The van der Waals surface area contributed by atoms with Crippen molar-refractivity contribution in [3.05, 3.63) is 95.8 Å². The van der Waals surface area contributed by atoms with Crippen molar-refractivity contribution in [1.82, 2.24) is 15.0 Å². The molecule has 2 aromatic heterocycles. The van der Waals surface area contributed by atoms with Crippen molar-refractivity contribution in [1.29, 1.82) is 0 Å². The Morgan fingerprint density at radius 2 is 1.66 bits per heavy atom. The van der Waals surface area contributed by atoms with Crippen LogP contribution in [0.25, 0.3) is 11.4 Å². The summed E-state index contributed by atoms with van der Waals surface area (Å²) in [6.07, 6.45) is 3.62. The van der Waals surface area contributed by atoms with Crippen LogP contribution in [0.2, 0.25) is 0 Å². The topological polar surface area (TPSA) is 62.7 Å². The van der Waals surface area contributed by atoms with Crippen LogP contribution in [0.5, 0.6) is 0 Å². The molecule has 4 rings (SSSR count). The molecule has 5 nitrogen and oxygen atoms in total. The zero-order valence-corrected chi connectivity index (χ0v) is 16.6. The number of aromatic nitrogens is 3. The van der Waals surface area contributed by atoms with E-state index in [4.69, 9.17) is 9.97 Å². The average Bonchev–Trinajstić information content (AvgIpc) is 2.76. The monoisotopic (exact) mass is 381 g/mol. The number of hydrogen-bond acceptors (Lipinski definition) is 5. The van der Waals surface area contributed by atoms with Gasteiger partial charge in [0.2, 0.25) is 0 Å². The van der Waals surface area contributed by atoms with Crippen molar-refractivity contribution in [3.63, 3.8) is 0 Å². The molecule has 0 bridgehead atoms. The van der Waals surface area contributed by atoms with Crippen LogP contribution in [0, 0.1) is 13.8 Å². The predicted octanol–water partition coefficient (Wildman–Crippen LogP) is 5.51. The normalized spacial score (nSPS) is 10.6. The van der Waals surface area contributed by atoms with Gasteiger partial charge in [0, 0.05) is 36.3 Å². The summed E-state index contributed by atoms with van der Waals surface area (Å²) in [5.41, 5.74) is 5.48. The molecule has 0 saturated carbocycles. The van der Waals surface area contributed by atoms with E-state index in [-0.39, 0.29) is 0 Å². The van der Waals surface area contributed by atoms with Crippen LogP contribution in [-0.2, 0) is 6.54 Å². The molecule has 0 unspecified atom stereocenters. The Balaban J connectivity index is 1.67. The highest BCUT2D eigenvalue weighted by atomic mass is 15.1. The number of aryl methyl sites for hydroxylation is 2. The zero-order valence-electron chi connectivity index (χ0n) is 16.6. The van der Waals surface area contributed by atoms with E-state index >= 15 is 0 Å². The number of benzene rings is 2. The minimum atomic E-state index is 0.641. The van der Waals surface area contributed by atoms with Gasteiger partial charge in [-0.1, -0.05) is 48.5 Å². The minimum absolute atomic E-state index is 0.641. The second-order valence-electron chi connectivity index (χ2n) is 6.99. The highest BCUT2D eigenvalue weighted by Crippen LogP contribution is 2.25. The quantitative estimate of drug-likeness (QED) is 0.461. The molecule has 0 aliphatic carbocycles. The fourth-order valence-corrected chi connectivity index (χ4v) is 3.02. The van der Waals surface area contributed by atoms with Crippen molar-refractivity contribution in [2.45, 2.75) is 20.4 Å². The van der Waals surface area contributed by atoms with Crippen LogP contribution in [0.4, 0.5) is 17.3 Å². The second-order valence-corrected chi connectivity index (χ2v) is 6.99. The molecule has 0 saturated heterocycles. The van der Waals surface area contributed by atoms with Gasteiger partial charge in [0.05, 0.1) is 0 Å². The van der Waals surface area contributed by atoms with Gasteiger partial charge >= 0.3 is 0 Å². The van der Waals surface area contributed by atoms with Crippen molar-refractivity contribution < 1.29 is 0 Å². The van der Waals surface area contributed by atoms with Crippen molar-refractivity contribution in [3.8, 4) is 11.4 Å². The second kappa shape index (κ2) is 8.52. The summed E-state index contributed by atoms with van der Waals surface area (Å²) in [5, 5.41) is 6.85. The third kappa shape index (κ3) is 4.76. The number of rotatable bonds is 6. The summed E-state index contributed by atoms with van der Waals surface area (Å²) in [7, 11) is 0. The molecule has 144 valence electrons. The summed E-state index contributed by atoms with van der Waals surface area (Å²) in [6, 6.07) is 22.3. The summed E-state index contributed by atoms with van der Waals surface area (Å²) >= 11 is 0. The van der Waals surface area contributed by atoms with E-state index in [1.165, 1.54) is 11.1 Å². The Labute approximate surface area is 170 Å². The van der Waals surface area contributed by atoms with Gasteiger partial charge in [-0.05, 0) is 42.7 Å². The molecule has 0 atom stereocenters. The Hall–Kier alpha value is -3.73. The highest BCUT2D eigenvalue weighted by Gasteiger charge is 2.09. The smallest absolute Gasteiger partial charge is 0.163 e. The predicted molar refractivity (Wildman–Crippen MR) is 118 cm³/mol. The highest BCUT2D eigenvalue weighted by molar-refractivity contribution is 5.67. The van der Waals surface area contributed by atoms with E-state index in [9.17, 15) is 0 Å². The molecule has 0 aliphatic heterocycles. The van der Waals surface area contributed by atoms with Crippen molar-refractivity contribution in [2.75, 3.05) is 10.6 Å².